The maximum Gasteiger partial charge on any atom is 0.193 e. The largest absolute Gasteiger partial charge is 0.370 e. The molecular weight excluding hydrogens is 245 g/mol. The molecule has 0 fully saturated rings. The predicted molar refractivity (Wildman–Crippen MR) is 71.9 cm³/mol. The van der Waals surface area contributed by atoms with E-state index in [1.54, 1.807) is 26.0 Å². The Balaban J connectivity index is 2.50. The summed E-state index contributed by atoms with van der Waals surface area (Å²) >= 11 is 0. The average molecular weight is 261 g/mol. The van der Waals surface area contributed by atoms with Crippen LogP contribution in [0.4, 0.5) is 4.39 Å². The second-order valence-corrected chi connectivity index (χ2v) is 4.41. The Hall–Kier alpha value is -2.17. The molecule has 1 aromatic carbocycles. The lowest BCUT2D eigenvalue weighted by Crippen LogP contribution is -2.36. The maximum atomic E-state index is 13.3. The lowest BCUT2D eigenvalue weighted by atomic mass is 9.92. The standard InChI is InChI=1S/C14H16FN3O/c1-3-11(19)12-8(2)17-14(16)18-13(12)9-5-4-6-10(15)7-9/h4-7,13H,3H2,1-2H3,(H3,16,17,18). The van der Waals surface area contributed by atoms with Crippen LogP contribution in [0.2, 0.25) is 0 Å². The minimum atomic E-state index is -0.538. The summed E-state index contributed by atoms with van der Waals surface area (Å²) in [4.78, 5) is 16.3. The van der Waals surface area contributed by atoms with E-state index >= 15 is 0 Å². The van der Waals surface area contributed by atoms with Crippen molar-refractivity contribution in [2.24, 2.45) is 10.7 Å². The number of guanidine groups is 1. The smallest absolute Gasteiger partial charge is 0.193 e. The highest BCUT2D eigenvalue weighted by Crippen LogP contribution is 2.31. The zero-order valence-electron chi connectivity index (χ0n) is 10.9. The summed E-state index contributed by atoms with van der Waals surface area (Å²) in [5, 5.41) is 2.85. The number of ketones is 1. The number of hydrogen-bond acceptors (Lipinski definition) is 4. The molecule has 1 aliphatic heterocycles. The van der Waals surface area contributed by atoms with Gasteiger partial charge in [0, 0.05) is 17.7 Å². The van der Waals surface area contributed by atoms with Gasteiger partial charge in [-0.25, -0.2) is 9.38 Å². The highest BCUT2D eigenvalue weighted by molar-refractivity contribution is 5.99. The van der Waals surface area contributed by atoms with E-state index in [4.69, 9.17) is 5.73 Å². The van der Waals surface area contributed by atoms with Crippen LogP contribution in [0.3, 0.4) is 0 Å². The summed E-state index contributed by atoms with van der Waals surface area (Å²) in [6, 6.07) is 5.54. The van der Waals surface area contributed by atoms with E-state index in [0.29, 0.717) is 23.3 Å². The number of carbonyl (C=O) groups excluding carboxylic acids is 1. The topological polar surface area (TPSA) is 67.5 Å². The number of allylic oxidation sites excluding steroid dienone is 1. The van der Waals surface area contributed by atoms with Crippen LogP contribution < -0.4 is 11.1 Å². The van der Waals surface area contributed by atoms with Gasteiger partial charge in [-0.05, 0) is 24.6 Å². The quantitative estimate of drug-likeness (QED) is 0.875. The van der Waals surface area contributed by atoms with E-state index < -0.39 is 6.04 Å². The summed E-state index contributed by atoms with van der Waals surface area (Å²) in [6.45, 7) is 3.56. The van der Waals surface area contributed by atoms with Crippen molar-refractivity contribution in [1.29, 1.82) is 0 Å². The Morgan fingerprint density at radius 2 is 2.26 bits per heavy atom. The van der Waals surface area contributed by atoms with Crippen LogP contribution in [0.1, 0.15) is 31.9 Å². The Kier molecular flexibility index (Phi) is 3.64. The molecule has 1 unspecified atom stereocenters. The van der Waals surface area contributed by atoms with Crippen LogP contribution in [0.15, 0.2) is 40.5 Å². The number of carbonyl (C=O) groups is 1. The molecule has 5 heteroatoms. The average Bonchev–Trinajstić information content (AvgIpc) is 2.37. The third-order valence-electron chi connectivity index (χ3n) is 3.05. The molecule has 0 saturated carbocycles. The van der Waals surface area contributed by atoms with Crippen molar-refractivity contribution in [2.75, 3.05) is 0 Å². The maximum absolute atomic E-state index is 13.3. The van der Waals surface area contributed by atoms with Gasteiger partial charge >= 0.3 is 0 Å². The first-order valence-electron chi connectivity index (χ1n) is 6.12. The van der Waals surface area contributed by atoms with Crippen LogP contribution in [-0.4, -0.2) is 11.7 Å². The summed E-state index contributed by atoms with van der Waals surface area (Å²) < 4.78 is 13.3. The monoisotopic (exact) mass is 261 g/mol. The van der Waals surface area contributed by atoms with Crippen molar-refractivity contribution >= 4 is 11.7 Å². The van der Waals surface area contributed by atoms with Crippen molar-refractivity contribution < 1.29 is 9.18 Å². The Bertz CT molecular complexity index is 578. The molecule has 100 valence electrons. The van der Waals surface area contributed by atoms with E-state index in [1.165, 1.54) is 12.1 Å². The first-order valence-corrected chi connectivity index (χ1v) is 6.12. The minimum Gasteiger partial charge on any atom is -0.370 e. The SMILES string of the molecule is CCC(=O)C1=C(C)NC(N)=NC1c1cccc(F)c1. The number of nitrogens with zero attached hydrogens (tertiary/aromatic N) is 1. The summed E-state index contributed by atoms with van der Waals surface area (Å²) in [6.07, 6.45) is 0.371. The van der Waals surface area contributed by atoms with Gasteiger partial charge in [-0.15, -0.1) is 0 Å². The highest BCUT2D eigenvalue weighted by Gasteiger charge is 2.27. The van der Waals surface area contributed by atoms with Gasteiger partial charge in [-0.2, -0.15) is 0 Å². The van der Waals surface area contributed by atoms with Gasteiger partial charge < -0.3 is 11.1 Å². The van der Waals surface area contributed by atoms with Crippen molar-refractivity contribution in [1.82, 2.24) is 5.32 Å². The Morgan fingerprint density at radius 3 is 2.89 bits per heavy atom. The second-order valence-electron chi connectivity index (χ2n) is 4.41. The number of nitrogens with two attached hydrogens (primary N) is 1. The number of hydrogen-bond donors (Lipinski definition) is 2. The van der Waals surface area contributed by atoms with Crippen LogP contribution >= 0.6 is 0 Å². The molecular formula is C14H16FN3O. The van der Waals surface area contributed by atoms with Gasteiger partial charge in [-0.1, -0.05) is 19.1 Å². The van der Waals surface area contributed by atoms with Gasteiger partial charge in [-0.3, -0.25) is 4.79 Å². The molecule has 19 heavy (non-hydrogen) atoms. The zero-order chi connectivity index (χ0) is 14.0. The Labute approximate surface area is 111 Å². The zero-order valence-corrected chi connectivity index (χ0v) is 10.9. The number of nitrogens with one attached hydrogen (secondary N) is 1. The van der Waals surface area contributed by atoms with E-state index in [-0.39, 0.29) is 17.6 Å². The van der Waals surface area contributed by atoms with Crippen molar-refractivity contribution in [3.8, 4) is 0 Å². The lowest BCUT2D eigenvalue weighted by molar-refractivity contribution is -0.115. The fourth-order valence-electron chi connectivity index (χ4n) is 2.17. The molecule has 0 bridgehead atoms. The van der Waals surface area contributed by atoms with Gasteiger partial charge in [0.15, 0.2) is 11.7 Å². The van der Waals surface area contributed by atoms with Crippen LogP contribution in [0.5, 0.6) is 0 Å². The highest BCUT2D eigenvalue weighted by atomic mass is 19.1. The van der Waals surface area contributed by atoms with E-state index in [1.807, 2.05) is 0 Å². The summed E-state index contributed by atoms with van der Waals surface area (Å²) in [5.41, 5.74) is 7.54. The molecule has 1 aromatic rings. The fraction of sp³-hybridized carbons (Fsp3) is 0.286. The van der Waals surface area contributed by atoms with Crippen LogP contribution in [0.25, 0.3) is 0 Å². The van der Waals surface area contributed by atoms with Crippen molar-refractivity contribution in [2.45, 2.75) is 26.3 Å². The van der Waals surface area contributed by atoms with E-state index in [0.717, 1.165) is 0 Å². The molecule has 1 atom stereocenters. The lowest BCUT2D eigenvalue weighted by Gasteiger charge is -2.24. The van der Waals surface area contributed by atoms with Gasteiger partial charge in [0.1, 0.15) is 11.9 Å². The van der Waals surface area contributed by atoms with Crippen molar-refractivity contribution in [3.63, 3.8) is 0 Å². The molecule has 1 heterocycles. The molecule has 0 amide bonds. The number of benzene rings is 1. The second kappa shape index (κ2) is 5.22. The van der Waals surface area contributed by atoms with Crippen LogP contribution in [0, 0.1) is 5.82 Å². The molecule has 0 saturated heterocycles. The van der Waals surface area contributed by atoms with Crippen LogP contribution in [-0.2, 0) is 4.79 Å². The third-order valence-corrected chi connectivity index (χ3v) is 3.05. The molecule has 0 spiro atoms. The first kappa shape index (κ1) is 13.3. The molecule has 0 radical (unpaired) electrons. The van der Waals surface area contributed by atoms with E-state index in [9.17, 15) is 9.18 Å². The molecule has 2 rings (SSSR count). The van der Waals surface area contributed by atoms with Gasteiger partial charge in [0.05, 0.1) is 0 Å². The number of rotatable bonds is 3. The summed E-state index contributed by atoms with van der Waals surface area (Å²) in [5.74, 6) is -0.138. The number of halogens is 1. The van der Waals surface area contributed by atoms with Gasteiger partial charge in [0.25, 0.3) is 0 Å². The normalized spacial score (nSPS) is 18.9. The molecule has 3 N–H and O–H groups in total. The predicted octanol–water partition coefficient (Wildman–Crippen LogP) is 2.04. The minimum absolute atomic E-state index is 0.0180. The first-order chi connectivity index (χ1) is 9.02. The Morgan fingerprint density at radius 1 is 1.53 bits per heavy atom. The molecule has 1 aliphatic rings. The third kappa shape index (κ3) is 2.65. The van der Waals surface area contributed by atoms with E-state index in [2.05, 4.69) is 10.3 Å². The van der Waals surface area contributed by atoms with Gasteiger partial charge in [0.2, 0.25) is 0 Å². The molecule has 0 aromatic heterocycles. The molecule has 0 aliphatic carbocycles. The number of Topliss-reactive ketones (excluding diaryl/α,β-unsaturated/α-hetero) is 1. The number of aliphatic imine (C=N–C) groups is 1. The summed E-state index contributed by atoms with van der Waals surface area (Å²) in [7, 11) is 0. The molecule has 4 nitrogen and oxygen atoms in total. The van der Waals surface area contributed by atoms with Crippen molar-refractivity contribution in [3.05, 3.63) is 46.9 Å². The fourth-order valence-corrected chi connectivity index (χ4v) is 2.17.